The number of aliphatic hydroxyl groups is 3. The van der Waals surface area contributed by atoms with Crippen LogP contribution in [0.1, 0.15) is 96.0 Å². The molecule has 2 aromatic rings. The summed E-state index contributed by atoms with van der Waals surface area (Å²) in [5.74, 6) is -7.64. The van der Waals surface area contributed by atoms with Crippen LogP contribution in [0.2, 0.25) is 0 Å². The maximum absolute atomic E-state index is 15.0. The molecule has 2 aromatic carbocycles. The van der Waals surface area contributed by atoms with Crippen LogP contribution >= 0.6 is 0 Å². The lowest BCUT2D eigenvalue weighted by Crippen LogP contribution is -2.81. The first-order valence-electron chi connectivity index (χ1n) is 20.3. The van der Waals surface area contributed by atoms with Gasteiger partial charge in [-0.3, -0.25) is 14.4 Å². The summed E-state index contributed by atoms with van der Waals surface area (Å²) >= 11 is 0. The number of hydrogen-bond donors (Lipinski definition) is 3. The monoisotopic (exact) mass is 834 g/mol. The lowest BCUT2D eigenvalue weighted by molar-refractivity contribution is -0.346. The van der Waals surface area contributed by atoms with Crippen LogP contribution in [-0.2, 0) is 52.4 Å². The number of Topliss-reactive ketones (excluding diaryl/α,β-unsaturated/α-hetero) is 1. The molecule has 1 heterocycles. The third kappa shape index (κ3) is 7.54. The van der Waals surface area contributed by atoms with Crippen molar-refractivity contribution >= 4 is 35.6 Å². The molecule has 6 rings (SSSR count). The van der Waals surface area contributed by atoms with Crippen molar-refractivity contribution in [3.05, 3.63) is 82.9 Å². The zero-order valence-electron chi connectivity index (χ0n) is 34.9. The number of ketones is 1. The molecule has 1 saturated heterocycles. The molecule has 3 N–H and O–H groups in total. The molecule has 2 bridgehead atoms. The number of carbonyl (C=O) groups is 6. The van der Waals surface area contributed by atoms with Gasteiger partial charge in [-0.05, 0) is 49.1 Å². The van der Waals surface area contributed by atoms with E-state index in [0.29, 0.717) is 12.0 Å². The summed E-state index contributed by atoms with van der Waals surface area (Å²) in [5, 5.41) is 37.6. The molecular weight excluding hydrogens is 780 g/mol. The van der Waals surface area contributed by atoms with Gasteiger partial charge in [-0.15, -0.1) is 0 Å². The number of rotatable bonds is 12. The fraction of sp³-hybridized carbons (Fsp3) is 0.556. The predicted octanol–water partition coefficient (Wildman–Crippen LogP) is 3.69. The van der Waals surface area contributed by atoms with E-state index >= 15 is 4.79 Å². The second kappa shape index (κ2) is 16.8. The Morgan fingerprint density at radius 2 is 1.57 bits per heavy atom. The average Bonchev–Trinajstić information content (AvgIpc) is 3.20. The van der Waals surface area contributed by atoms with Crippen molar-refractivity contribution < 1.29 is 72.5 Å². The maximum atomic E-state index is 15.0. The first-order chi connectivity index (χ1) is 28.2. The van der Waals surface area contributed by atoms with E-state index in [1.807, 2.05) is 0 Å². The first kappa shape index (κ1) is 44.6. The standard InChI is InChI=1S/C45H54O15/c1-8-15-32(48)55-22-33(49)58-36(24(2)27-16-11-9-12-17-27)41(53)57-29-21-45(54)39(59-40(52)28-18-13-10-14-19-28)37-43(7,38(51)35(50)34(25(29)3)42(45,5)6)30(47)20-31-44(37,23-56-31)60-26(4)46/h9-14,16-19,24,29-31,35-37,39,47,50,54H,8,15,20-23H2,1-7H3/t24-,29-,30-,31+,35+,36+,37-,39?,43+,44-,45+/m0/s1. The summed E-state index contributed by atoms with van der Waals surface area (Å²) in [4.78, 5) is 81.7. The van der Waals surface area contributed by atoms with Gasteiger partial charge >= 0.3 is 29.8 Å². The van der Waals surface area contributed by atoms with E-state index in [9.17, 15) is 39.3 Å². The fourth-order valence-corrected chi connectivity index (χ4v) is 9.86. The summed E-state index contributed by atoms with van der Waals surface area (Å²) in [6.45, 7) is 9.53. The smallest absolute Gasteiger partial charge is 0.348 e. The number of ether oxygens (including phenoxy) is 6. The van der Waals surface area contributed by atoms with Gasteiger partial charge in [0, 0.05) is 37.5 Å². The van der Waals surface area contributed by atoms with E-state index in [1.165, 1.54) is 26.0 Å². The zero-order chi connectivity index (χ0) is 43.9. The minimum Gasteiger partial charge on any atom is -0.455 e. The molecule has 1 unspecified atom stereocenters. The topological polar surface area (TPSA) is 218 Å². The van der Waals surface area contributed by atoms with Crippen LogP contribution in [0.15, 0.2) is 71.8 Å². The van der Waals surface area contributed by atoms with E-state index in [1.54, 1.807) is 76.2 Å². The van der Waals surface area contributed by atoms with Gasteiger partial charge in [-0.1, -0.05) is 76.2 Å². The van der Waals surface area contributed by atoms with Gasteiger partial charge in [-0.2, -0.15) is 0 Å². The summed E-state index contributed by atoms with van der Waals surface area (Å²) in [6, 6.07) is 16.5. The van der Waals surface area contributed by atoms with Crippen LogP contribution in [-0.4, -0.2) is 112 Å². The van der Waals surface area contributed by atoms with E-state index < -0.39 is 119 Å². The van der Waals surface area contributed by atoms with Gasteiger partial charge in [0.2, 0.25) is 6.10 Å². The quantitative estimate of drug-likeness (QED) is 0.158. The summed E-state index contributed by atoms with van der Waals surface area (Å²) < 4.78 is 35.0. The predicted molar refractivity (Wildman–Crippen MR) is 210 cm³/mol. The Morgan fingerprint density at radius 1 is 0.933 bits per heavy atom. The van der Waals surface area contributed by atoms with Gasteiger partial charge in [0.1, 0.15) is 30.0 Å². The average molecular weight is 835 g/mol. The van der Waals surface area contributed by atoms with Crippen LogP contribution in [0.25, 0.3) is 0 Å². The minimum absolute atomic E-state index is 0.0484. The minimum atomic E-state index is -2.35. The van der Waals surface area contributed by atoms with Crippen LogP contribution in [0.4, 0.5) is 0 Å². The van der Waals surface area contributed by atoms with Gasteiger partial charge in [-0.25, -0.2) is 14.4 Å². The molecule has 15 heteroatoms. The SMILES string of the molecule is CCCC(=O)OCC(=O)O[C@@H](C(=O)O[C@H]1C[C@@]2(O)C(OC(=O)c3ccccc3)[C@@H]3[C@]4(OC(C)=O)CO[C@@H]4C[C@H](O)[C@@]3(C)C(=O)[C@H](O)C(=C1C)C2(C)C)[C@@H](C)c1ccccc1. The van der Waals surface area contributed by atoms with Crippen molar-refractivity contribution in [1.29, 1.82) is 0 Å². The van der Waals surface area contributed by atoms with Crippen molar-refractivity contribution in [3.8, 4) is 0 Å². The van der Waals surface area contributed by atoms with Crippen molar-refractivity contribution in [3.63, 3.8) is 0 Å². The molecule has 3 fully saturated rings. The number of carbonyl (C=O) groups excluding carboxylic acids is 6. The van der Waals surface area contributed by atoms with E-state index in [0.717, 1.165) is 6.92 Å². The Kier molecular flexibility index (Phi) is 12.5. The molecule has 0 aromatic heterocycles. The highest BCUT2D eigenvalue weighted by Gasteiger charge is 2.78. The van der Waals surface area contributed by atoms with Crippen LogP contribution in [0.3, 0.4) is 0 Å². The number of aliphatic hydroxyl groups excluding tert-OH is 2. The summed E-state index contributed by atoms with van der Waals surface area (Å²) in [5.41, 5.74) is -6.91. The maximum Gasteiger partial charge on any atom is 0.348 e. The molecule has 11 atom stereocenters. The van der Waals surface area contributed by atoms with Crippen molar-refractivity contribution in [1.82, 2.24) is 0 Å². The molecular formula is C45H54O15. The van der Waals surface area contributed by atoms with Gasteiger partial charge in [0.05, 0.1) is 29.6 Å². The lowest BCUT2D eigenvalue weighted by Gasteiger charge is -2.67. The van der Waals surface area contributed by atoms with Crippen molar-refractivity contribution in [2.75, 3.05) is 13.2 Å². The molecule has 2 saturated carbocycles. The molecule has 0 spiro atoms. The van der Waals surface area contributed by atoms with Gasteiger partial charge in [0.25, 0.3) is 0 Å². The van der Waals surface area contributed by atoms with E-state index in [4.69, 9.17) is 28.4 Å². The fourth-order valence-electron chi connectivity index (χ4n) is 9.86. The van der Waals surface area contributed by atoms with Crippen molar-refractivity contribution in [2.24, 2.45) is 16.7 Å². The van der Waals surface area contributed by atoms with Crippen LogP contribution in [0, 0.1) is 16.7 Å². The van der Waals surface area contributed by atoms with Crippen LogP contribution < -0.4 is 0 Å². The number of fused-ring (bicyclic) bond motifs is 5. The Morgan fingerprint density at radius 3 is 2.15 bits per heavy atom. The first-order valence-corrected chi connectivity index (χ1v) is 20.3. The molecule has 324 valence electrons. The number of esters is 5. The Labute approximate surface area is 348 Å². The largest absolute Gasteiger partial charge is 0.455 e. The van der Waals surface area contributed by atoms with Gasteiger partial charge in [0.15, 0.2) is 18.0 Å². The summed E-state index contributed by atoms with van der Waals surface area (Å²) in [6.07, 6.45) is -9.52. The third-order valence-corrected chi connectivity index (χ3v) is 13.3. The number of hydrogen-bond acceptors (Lipinski definition) is 15. The van der Waals surface area contributed by atoms with Crippen LogP contribution in [0.5, 0.6) is 0 Å². The molecule has 1 aliphatic heterocycles. The Hall–Kier alpha value is -4.96. The Bertz CT molecular complexity index is 2030. The molecule has 0 radical (unpaired) electrons. The molecule has 60 heavy (non-hydrogen) atoms. The summed E-state index contributed by atoms with van der Waals surface area (Å²) in [7, 11) is 0. The number of benzene rings is 2. The zero-order valence-corrected chi connectivity index (χ0v) is 34.9. The highest BCUT2D eigenvalue weighted by atomic mass is 16.6. The normalized spacial score (nSPS) is 32.6. The molecule has 4 aliphatic rings. The molecule has 15 nitrogen and oxygen atoms in total. The molecule has 0 amide bonds. The third-order valence-electron chi connectivity index (χ3n) is 13.3. The lowest BCUT2D eigenvalue weighted by atomic mass is 9.44. The molecule has 3 aliphatic carbocycles. The highest BCUT2D eigenvalue weighted by molar-refractivity contribution is 5.94. The van der Waals surface area contributed by atoms with E-state index in [-0.39, 0.29) is 36.2 Å². The second-order valence-electron chi connectivity index (χ2n) is 17.1. The Balaban J connectivity index is 1.48. The van der Waals surface area contributed by atoms with Gasteiger partial charge < -0.3 is 43.7 Å². The van der Waals surface area contributed by atoms with Crippen molar-refractivity contribution in [2.45, 2.75) is 128 Å². The second-order valence-corrected chi connectivity index (χ2v) is 17.1. The van der Waals surface area contributed by atoms with E-state index in [2.05, 4.69) is 0 Å². The highest BCUT2D eigenvalue weighted by Crippen LogP contribution is 2.64.